The number of hydrogen-bond donors (Lipinski definition) is 0. The molecule has 3 rings (SSSR count). The number of sulfone groups is 1. The van der Waals surface area contributed by atoms with Crippen molar-refractivity contribution in [2.24, 2.45) is 0 Å². The summed E-state index contributed by atoms with van der Waals surface area (Å²) in [5.74, 6) is -0.356. The molecule has 0 unspecified atom stereocenters. The van der Waals surface area contributed by atoms with Gasteiger partial charge in [0.2, 0.25) is 14.6 Å². The van der Waals surface area contributed by atoms with Crippen molar-refractivity contribution in [2.45, 2.75) is 16.6 Å². The molecule has 0 atom stereocenters. The van der Waals surface area contributed by atoms with E-state index < -0.39 is 9.84 Å². The Hall–Kier alpha value is -2.06. The van der Waals surface area contributed by atoms with E-state index in [2.05, 4.69) is 26.0 Å². The number of hydrogen-bond acceptors (Lipinski definition) is 4. The van der Waals surface area contributed by atoms with Crippen molar-refractivity contribution in [3.05, 3.63) is 70.7 Å². The molecule has 0 radical (unpaired) electrons. The second kappa shape index (κ2) is 6.21. The molecule has 2 aromatic carbocycles. The van der Waals surface area contributed by atoms with Crippen molar-refractivity contribution in [3.8, 4) is 0 Å². The van der Waals surface area contributed by atoms with E-state index in [9.17, 15) is 12.8 Å². The molecule has 1 heterocycles. The summed E-state index contributed by atoms with van der Waals surface area (Å²) >= 11 is 3.11. The van der Waals surface area contributed by atoms with Crippen LogP contribution < -0.4 is 0 Å². The molecular weight excluding hydrogens is 385 g/mol. The molecule has 0 spiro atoms. The molecule has 5 nitrogen and oxygen atoms in total. The van der Waals surface area contributed by atoms with E-state index in [4.69, 9.17) is 0 Å². The third kappa shape index (κ3) is 3.32. The van der Waals surface area contributed by atoms with Gasteiger partial charge < -0.3 is 0 Å². The molecule has 0 aliphatic heterocycles. The third-order valence-electron chi connectivity index (χ3n) is 3.15. The number of benzene rings is 2. The normalized spacial score (nSPS) is 11.6. The fraction of sp³-hybridized carbons (Fsp3) is 0.0667. The van der Waals surface area contributed by atoms with Crippen LogP contribution in [0, 0.1) is 5.82 Å². The molecule has 0 saturated carbocycles. The van der Waals surface area contributed by atoms with Crippen molar-refractivity contribution >= 4 is 25.8 Å². The number of halogens is 2. The first-order valence-electron chi connectivity index (χ1n) is 6.62. The topological polar surface area (TPSA) is 64.8 Å². The lowest BCUT2D eigenvalue weighted by Gasteiger charge is -2.07. The summed E-state index contributed by atoms with van der Waals surface area (Å²) in [6.07, 6.45) is 0. The summed E-state index contributed by atoms with van der Waals surface area (Å²) < 4.78 is 39.9. The van der Waals surface area contributed by atoms with Gasteiger partial charge in [-0.25, -0.2) is 17.5 Å². The average molecular weight is 396 g/mol. The van der Waals surface area contributed by atoms with Gasteiger partial charge in [-0.3, -0.25) is 0 Å². The lowest BCUT2D eigenvalue weighted by molar-refractivity contribution is 0.552. The fourth-order valence-electron chi connectivity index (χ4n) is 2.07. The van der Waals surface area contributed by atoms with Crippen molar-refractivity contribution in [3.63, 3.8) is 0 Å². The number of rotatable bonds is 4. The smallest absolute Gasteiger partial charge is 0.231 e. The van der Waals surface area contributed by atoms with Gasteiger partial charge in [-0.15, -0.1) is 5.10 Å². The first-order chi connectivity index (χ1) is 11.0. The lowest BCUT2D eigenvalue weighted by atomic mass is 10.2. The summed E-state index contributed by atoms with van der Waals surface area (Å²) in [4.78, 5) is 4.12. The molecule has 0 aliphatic rings. The second-order valence-corrected chi connectivity index (χ2v) is 7.32. The highest BCUT2D eigenvalue weighted by Crippen LogP contribution is 2.21. The van der Waals surface area contributed by atoms with Gasteiger partial charge in [0.1, 0.15) is 5.82 Å². The standard InChI is InChI=1S/C15H11BrFN3O2S/c16-14-18-15(23(21,22)13-4-2-1-3-5-13)20(19-14)10-11-6-8-12(17)9-7-11/h1-9H,10H2. The Morgan fingerprint density at radius 3 is 2.35 bits per heavy atom. The predicted octanol–water partition coefficient (Wildman–Crippen LogP) is 3.06. The zero-order valence-electron chi connectivity index (χ0n) is 11.7. The Kier molecular flexibility index (Phi) is 4.27. The largest absolute Gasteiger partial charge is 0.251 e. The van der Waals surface area contributed by atoms with Crippen LogP contribution in [-0.2, 0) is 16.4 Å². The van der Waals surface area contributed by atoms with Gasteiger partial charge in [0, 0.05) is 0 Å². The molecule has 0 bridgehead atoms. The van der Waals surface area contributed by atoms with E-state index >= 15 is 0 Å². The van der Waals surface area contributed by atoms with Crippen LogP contribution in [0.25, 0.3) is 0 Å². The van der Waals surface area contributed by atoms with E-state index in [-0.39, 0.29) is 27.1 Å². The fourth-order valence-corrected chi connectivity index (χ4v) is 3.86. The van der Waals surface area contributed by atoms with Crippen LogP contribution in [-0.4, -0.2) is 23.2 Å². The molecule has 0 N–H and O–H groups in total. The molecule has 0 fully saturated rings. The highest BCUT2D eigenvalue weighted by atomic mass is 79.9. The zero-order valence-corrected chi connectivity index (χ0v) is 14.1. The molecule has 3 aromatic rings. The summed E-state index contributed by atoms with van der Waals surface area (Å²) in [7, 11) is -3.79. The van der Waals surface area contributed by atoms with Crippen LogP contribution in [0.2, 0.25) is 0 Å². The molecule has 118 valence electrons. The maximum absolute atomic E-state index is 13.0. The highest BCUT2D eigenvalue weighted by Gasteiger charge is 2.25. The van der Waals surface area contributed by atoms with Crippen LogP contribution in [0.3, 0.4) is 0 Å². The maximum Gasteiger partial charge on any atom is 0.251 e. The molecule has 0 amide bonds. The minimum atomic E-state index is -3.79. The zero-order chi connectivity index (χ0) is 16.4. The van der Waals surface area contributed by atoms with Gasteiger partial charge >= 0.3 is 0 Å². The minimum Gasteiger partial charge on any atom is -0.231 e. The summed E-state index contributed by atoms with van der Waals surface area (Å²) in [6, 6.07) is 13.8. The van der Waals surface area contributed by atoms with Crippen molar-refractivity contribution < 1.29 is 12.8 Å². The van der Waals surface area contributed by atoms with Crippen LogP contribution in [0.4, 0.5) is 4.39 Å². The Labute approximate surface area is 140 Å². The number of aromatic nitrogens is 3. The van der Waals surface area contributed by atoms with Gasteiger partial charge in [0.05, 0.1) is 11.4 Å². The monoisotopic (exact) mass is 395 g/mol. The van der Waals surface area contributed by atoms with E-state index in [1.165, 1.54) is 28.9 Å². The van der Waals surface area contributed by atoms with Crippen molar-refractivity contribution in [1.82, 2.24) is 14.8 Å². The van der Waals surface area contributed by atoms with E-state index in [0.717, 1.165) is 0 Å². The lowest BCUT2D eigenvalue weighted by Crippen LogP contribution is -2.13. The van der Waals surface area contributed by atoms with Crippen LogP contribution in [0.15, 0.2) is 69.4 Å². The first-order valence-corrected chi connectivity index (χ1v) is 8.89. The van der Waals surface area contributed by atoms with E-state index in [1.807, 2.05) is 0 Å². The SMILES string of the molecule is O=S(=O)(c1ccccc1)c1nc(Br)nn1Cc1ccc(F)cc1. The highest BCUT2D eigenvalue weighted by molar-refractivity contribution is 9.10. The summed E-state index contributed by atoms with van der Waals surface area (Å²) in [5.41, 5.74) is 0.716. The molecular formula is C15H11BrFN3O2S. The third-order valence-corrected chi connectivity index (χ3v) is 5.16. The molecule has 0 aliphatic carbocycles. The Morgan fingerprint density at radius 2 is 1.70 bits per heavy atom. The van der Waals surface area contributed by atoms with Gasteiger partial charge in [-0.2, -0.15) is 4.98 Å². The molecule has 1 aromatic heterocycles. The van der Waals surface area contributed by atoms with Crippen molar-refractivity contribution in [2.75, 3.05) is 0 Å². The van der Waals surface area contributed by atoms with Gasteiger partial charge in [0.25, 0.3) is 5.16 Å². The Morgan fingerprint density at radius 1 is 1.04 bits per heavy atom. The summed E-state index contributed by atoms with van der Waals surface area (Å²) in [6.45, 7) is 0.167. The second-order valence-electron chi connectivity index (χ2n) is 4.76. The van der Waals surface area contributed by atoms with Gasteiger partial charge in [-0.1, -0.05) is 30.3 Å². The average Bonchev–Trinajstić information content (AvgIpc) is 2.92. The van der Waals surface area contributed by atoms with Gasteiger partial charge in [-0.05, 0) is 45.8 Å². The van der Waals surface area contributed by atoms with Crippen LogP contribution >= 0.6 is 15.9 Å². The number of nitrogens with zero attached hydrogens (tertiary/aromatic N) is 3. The van der Waals surface area contributed by atoms with Crippen molar-refractivity contribution in [1.29, 1.82) is 0 Å². The maximum atomic E-state index is 13.0. The van der Waals surface area contributed by atoms with E-state index in [0.29, 0.717) is 5.56 Å². The predicted molar refractivity (Wildman–Crippen MR) is 85.1 cm³/mol. The van der Waals surface area contributed by atoms with E-state index in [1.54, 1.807) is 30.3 Å². The molecule has 0 saturated heterocycles. The van der Waals surface area contributed by atoms with Crippen LogP contribution in [0.1, 0.15) is 5.56 Å². The first kappa shape index (κ1) is 15.8. The van der Waals surface area contributed by atoms with Crippen LogP contribution in [0.5, 0.6) is 0 Å². The summed E-state index contributed by atoms with van der Waals surface area (Å²) in [5, 5.41) is 3.90. The Balaban J connectivity index is 2.03. The van der Waals surface area contributed by atoms with Gasteiger partial charge in [0.15, 0.2) is 0 Å². The Bertz CT molecular complexity index is 925. The quantitative estimate of drug-likeness (QED) is 0.680. The molecule has 23 heavy (non-hydrogen) atoms. The molecule has 8 heteroatoms. The minimum absolute atomic E-state index is 0.139.